The van der Waals surface area contributed by atoms with Crippen LogP contribution in [0.5, 0.6) is 17.2 Å². The maximum absolute atomic E-state index is 12.3. The van der Waals surface area contributed by atoms with E-state index in [2.05, 4.69) is 0 Å². The van der Waals surface area contributed by atoms with E-state index in [1.807, 2.05) is 0 Å². The van der Waals surface area contributed by atoms with Crippen molar-refractivity contribution in [3.05, 3.63) is 53.1 Å². The Morgan fingerprint density at radius 3 is 2.43 bits per heavy atom. The Morgan fingerprint density at radius 1 is 1.10 bits per heavy atom. The lowest BCUT2D eigenvalue weighted by molar-refractivity contribution is 0.0215. The van der Waals surface area contributed by atoms with E-state index >= 15 is 0 Å². The number of aryl methyl sites for hydroxylation is 1. The van der Waals surface area contributed by atoms with Crippen LogP contribution >= 0.6 is 0 Å². The molecule has 0 amide bonds. The topological polar surface area (TPSA) is 87.0 Å². The highest BCUT2D eigenvalue weighted by atomic mass is 16.5. The summed E-state index contributed by atoms with van der Waals surface area (Å²) in [5.74, 6) is -0.0876. The number of ether oxygens (including phenoxy) is 1. The number of aromatic hydroxyl groups is 2. The second-order valence-corrected chi connectivity index (χ2v) is 5.07. The summed E-state index contributed by atoms with van der Waals surface area (Å²) in [4.78, 5) is 12.3. The molecular formula is C16H14O5. The average molecular weight is 286 g/mol. The quantitative estimate of drug-likeness (QED) is 0.747. The summed E-state index contributed by atoms with van der Waals surface area (Å²) < 4.78 is 5.66. The standard InChI is InChI=1S/C16H14O5/c1-8-6-11-13(7-12(8)18)21-16(15(20)14(11)19)9-2-4-10(17)5-3-9/h2-7,15-18,20H,1H3. The molecule has 0 spiro atoms. The first-order valence-corrected chi connectivity index (χ1v) is 6.49. The second-order valence-electron chi connectivity index (χ2n) is 5.07. The Kier molecular flexibility index (Phi) is 3.07. The van der Waals surface area contributed by atoms with E-state index in [0.29, 0.717) is 11.1 Å². The molecule has 3 N–H and O–H groups in total. The van der Waals surface area contributed by atoms with Crippen LogP contribution in [0.15, 0.2) is 36.4 Å². The summed E-state index contributed by atoms with van der Waals surface area (Å²) in [6, 6.07) is 8.95. The fourth-order valence-electron chi connectivity index (χ4n) is 2.38. The zero-order chi connectivity index (χ0) is 15.1. The van der Waals surface area contributed by atoms with Crippen LogP contribution in [0, 0.1) is 6.92 Å². The van der Waals surface area contributed by atoms with Crippen molar-refractivity contribution in [3.8, 4) is 17.2 Å². The van der Waals surface area contributed by atoms with Crippen LogP contribution in [-0.2, 0) is 0 Å². The molecule has 3 rings (SSSR count). The Bertz CT molecular complexity index is 705. The van der Waals surface area contributed by atoms with Crippen molar-refractivity contribution >= 4 is 5.78 Å². The average Bonchev–Trinajstić information content (AvgIpc) is 2.46. The molecular weight excluding hydrogens is 272 g/mol. The minimum absolute atomic E-state index is 0.0300. The molecule has 2 atom stereocenters. The van der Waals surface area contributed by atoms with Gasteiger partial charge in [-0.2, -0.15) is 0 Å². The number of aliphatic hydroxyl groups is 1. The maximum Gasteiger partial charge on any atom is 0.199 e. The number of fused-ring (bicyclic) bond motifs is 1. The lowest BCUT2D eigenvalue weighted by Gasteiger charge is -2.30. The summed E-state index contributed by atoms with van der Waals surface area (Å²) >= 11 is 0. The molecule has 1 heterocycles. The van der Waals surface area contributed by atoms with Crippen LogP contribution < -0.4 is 4.74 Å². The zero-order valence-electron chi connectivity index (χ0n) is 11.3. The van der Waals surface area contributed by atoms with Gasteiger partial charge in [0.2, 0.25) is 0 Å². The number of rotatable bonds is 1. The van der Waals surface area contributed by atoms with Gasteiger partial charge in [-0.3, -0.25) is 4.79 Å². The van der Waals surface area contributed by atoms with Gasteiger partial charge in [0, 0.05) is 6.07 Å². The number of Topliss-reactive ketones (excluding diaryl/α,β-unsaturated/α-hetero) is 1. The lowest BCUT2D eigenvalue weighted by Crippen LogP contribution is -2.36. The summed E-state index contributed by atoms with van der Waals surface area (Å²) in [6.07, 6.45) is -2.20. The van der Waals surface area contributed by atoms with Crippen LogP contribution in [0.1, 0.15) is 27.6 Å². The third kappa shape index (κ3) is 2.21. The van der Waals surface area contributed by atoms with Gasteiger partial charge in [0.25, 0.3) is 0 Å². The fourth-order valence-corrected chi connectivity index (χ4v) is 2.38. The molecule has 1 aliphatic rings. The van der Waals surface area contributed by atoms with Crippen molar-refractivity contribution in [2.75, 3.05) is 0 Å². The van der Waals surface area contributed by atoms with Crippen molar-refractivity contribution < 1.29 is 24.9 Å². The van der Waals surface area contributed by atoms with Crippen LogP contribution in [-0.4, -0.2) is 27.2 Å². The van der Waals surface area contributed by atoms with Crippen LogP contribution in [0.3, 0.4) is 0 Å². The predicted molar refractivity (Wildman–Crippen MR) is 74.7 cm³/mol. The molecule has 5 nitrogen and oxygen atoms in total. The van der Waals surface area contributed by atoms with Crippen LogP contribution in [0.4, 0.5) is 0 Å². The number of benzene rings is 2. The van der Waals surface area contributed by atoms with Crippen molar-refractivity contribution in [2.24, 2.45) is 0 Å². The second kappa shape index (κ2) is 4.79. The Balaban J connectivity index is 2.04. The van der Waals surface area contributed by atoms with E-state index in [0.717, 1.165) is 0 Å². The minimum atomic E-state index is -1.33. The van der Waals surface area contributed by atoms with Gasteiger partial charge in [0.1, 0.15) is 17.2 Å². The molecule has 2 unspecified atom stereocenters. The minimum Gasteiger partial charge on any atom is -0.508 e. The van der Waals surface area contributed by atoms with E-state index in [4.69, 9.17) is 4.74 Å². The highest BCUT2D eigenvalue weighted by Crippen LogP contribution is 2.38. The number of phenols is 2. The molecule has 0 aliphatic carbocycles. The molecule has 2 aromatic rings. The van der Waals surface area contributed by atoms with E-state index in [9.17, 15) is 20.1 Å². The SMILES string of the molecule is Cc1cc2c(cc1O)OC(c1ccc(O)cc1)C(O)C2=O. The van der Waals surface area contributed by atoms with Gasteiger partial charge in [-0.1, -0.05) is 12.1 Å². The van der Waals surface area contributed by atoms with E-state index in [1.165, 1.54) is 24.3 Å². The third-order valence-corrected chi connectivity index (χ3v) is 3.59. The predicted octanol–water partition coefficient (Wildman–Crippen LogP) is 2.08. The number of phenolic OH excluding ortho intramolecular Hbond substituents is 2. The largest absolute Gasteiger partial charge is 0.508 e. The lowest BCUT2D eigenvalue weighted by atomic mass is 9.92. The molecule has 0 saturated heterocycles. The summed E-state index contributed by atoms with van der Waals surface area (Å²) in [5, 5.41) is 29.2. The maximum atomic E-state index is 12.3. The number of hydrogen-bond donors (Lipinski definition) is 3. The first kappa shape index (κ1) is 13.5. The van der Waals surface area contributed by atoms with Gasteiger partial charge in [0.15, 0.2) is 18.0 Å². The first-order chi connectivity index (χ1) is 9.97. The molecule has 0 fully saturated rings. The molecule has 0 aromatic heterocycles. The Hall–Kier alpha value is -2.53. The van der Waals surface area contributed by atoms with Crippen molar-refractivity contribution in [3.63, 3.8) is 0 Å². The fraction of sp³-hybridized carbons (Fsp3) is 0.188. The highest BCUT2D eigenvalue weighted by molar-refractivity contribution is 6.03. The molecule has 108 valence electrons. The van der Waals surface area contributed by atoms with Gasteiger partial charge in [0.05, 0.1) is 5.56 Å². The van der Waals surface area contributed by atoms with Crippen molar-refractivity contribution in [2.45, 2.75) is 19.1 Å². The van der Waals surface area contributed by atoms with E-state index in [1.54, 1.807) is 19.1 Å². The van der Waals surface area contributed by atoms with Gasteiger partial charge < -0.3 is 20.1 Å². The first-order valence-electron chi connectivity index (χ1n) is 6.49. The molecule has 0 saturated carbocycles. The number of aliphatic hydroxyl groups excluding tert-OH is 1. The van der Waals surface area contributed by atoms with Gasteiger partial charge >= 0.3 is 0 Å². The molecule has 2 aromatic carbocycles. The molecule has 0 radical (unpaired) electrons. The monoisotopic (exact) mass is 286 g/mol. The number of ketones is 1. The van der Waals surface area contributed by atoms with Gasteiger partial charge in [-0.15, -0.1) is 0 Å². The number of hydrogen-bond acceptors (Lipinski definition) is 5. The van der Waals surface area contributed by atoms with Crippen molar-refractivity contribution in [1.29, 1.82) is 0 Å². The number of carbonyl (C=O) groups is 1. The molecule has 0 bridgehead atoms. The highest BCUT2D eigenvalue weighted by Gasteiger charge is 2.37. The van der Waals surface area contributed by atoms with E-state index < -0.39 is 18.0 Å². The smallest absolute Gasteiger partial charge is 0.199 e. The van der Waals surface area contributed by atoms with Crippen molar-refractivity contribution in [1.82, 2.24) is 0 Å². The molecule has 5 heteroatoms. The Labute approximate surface area is 121 Å². The number of carbonyl (C=O) groups excluding carboxylic acids is 1. The summed E-state index contributed by atoms with van der Waals surface area (Å²) in [5.41, 5.74) is 1.37. The Morgan fingerprint density at radius 2 is 1.76 bits per heavy atom. The molecule has 21 heavy (non-hydrogen) atoms. The van der Waals surface area contributed by atoms with E-state index in [-0.39, 0.29) is 22.8 Å². The van der Waals surface area contributed by atoms with Crippen LogP contribution in [0.25, 0.3) is 0 Å². The van der Waals surface area contributed by atoms with Gasteiger partial charge in [-0.25, -0.2) is 0 Å². The summed E-state index contributed by atoms with van der Waals surface area (Å²) in [6.45, 7) is 1.67. The molecule has 1 aliphatic heterocycles. The van der Waals surface area contributed by atoms with Crippen LogP contribution in [0.2, 0.25) is 0 Å². The normalized spacial score (nSPS) is 20.8. The third-order valence-electron chi connectivity index (χ3n) is 3.59. The van der Waals surface area contributed by atoms with Gasteiger partial charge in [-0.05, 0) is 36.2 Å². The summed E-state index contributed by atoms with van der Waals surface area (Å²) in [7, 11) is 0. The zero-order valence-corrected chi connectivity index (χ0v) is 11.3.